The average molecular weight is 613 g/mol. The van der Waals surface area contributed by atoms with Crippen molar-refractivity contribution in [3.05, 3.63) is 29.3 Å². The highest BCUT2D eigenvalue weighted by molar-refractivity contribution is 14.1. The van der Waals surface area contributed by atoms with Gasteiger partial charge in [-0.15, -0.1) is 0 Å². The molecule has 2 fully saturated rings. The summed E-state index contributed by atoms with van der Waals surface area (Å²) in [6.45, 7) is 6.52. The van der Waals surface area contributed by atoms with Gasteiger partial charge in [0.1, 0.15) is 24.3 Å². The zero-order valence-electron chi connectivity index (χ0n) is 21.4. The number of aldehydes is 1. The van der Waals surface area contributed by atoms with Crippen molar-refractivity contribution in [1.82, 2.24) is 20.9 Å². The molecule has 10 heteroatoms. The van der Waals surface area contributed by atoms with E-state index in [2.05, 4.69) is 16.0 Å². The molecule has 3 aliphatic rings. The van der Waals surface area contributed by atoms with E-state index >= 15 is 0 Å². The molecule has 1 aromatic carbocycles. The summed E-state index contributed by atoms with van der Waals surface area (Å²) in [5.41, 5.74) is 1.05. The van der Waals surface area contributed by atoms with Gasteiger partial charge in [-0.1, -0.05) is 19.9 Å². The van der Waals surface area contributed by atoms with Gasteiger partial charge in [0.2, 0.25) is 11.8 Å². The second-order valence-corrected chi connectivity index (χ2v) is 11.5. The monoisotopic (exact) mass is 612 g/mol. The molecule has 0 bridgehead atoms. The lowest BCUT2D eigenvalue weighted by molar-refractivity contribution is -0.149. The number of nitrogens with one attached hydrogen (secondary N) is 3. The number of hydrogen-bond acceptors (Lipinski definition) is 7. The van der Waals surface area contributed by atoms with Crippen molar-refractivity contribution < 1.29 is 22.2 Å². The van der Waals surface area contributed by atoms with Crippen LogP contribution in [0.1, 0.15) is 63.6 Å². The number of nitrogens with zero attached hydrogens (tertiary/aromatic N) is 1. The van der Waals surface area contributed by atoms with Crippen LogP contribution in [-0.2, 0) is 25.5 Å². The molecule has 2 saturated heterocycles. The zero-order chi connectivity index (χ0) is 26.1. The number of benzene rings is 1. The molecule has 2 aliphatic heterocycles. The van der Waals surface area contributed by atoms with E-state index in [1.807, 2.05) is 55.1 Å². The average Bonchev–Trinajstić information content (AvgIpc) is 3.06. The van der Waals surface area contributed by atoms with Gasteiger partial charge in [0.15, 0.2) is 23.0 Å². The number of likely N-dealkylation sites (N-methyl/N-ethyl adjacent to an activating group) is 1. The van der Waals surface area contributed by atoms with E-state index in [1.165, 1.54) is 5.56 Å². The van der Waals surface area contributed by atoms with Crippen LogP contribution in [0.5, 0.6) is 5.75 Å². The Balaban J connectivity index is 1.54. The molecule has 1 aromatic rings. The summed E-state index contributed by atoms with van der Waals surface area (Å²) >= 11 is 1.88. The van der Waals surface area contributed by atoms with Crippen molar-refractivity contribution in [3.63, 3.8) is 0 Å². The molecule has 1 aliphatic carbocycles. The molecular weight excluding hydrogens is 575 g/mol. The fourth-order valence-corrected chi connectivity index (χ4v) is 5.94. The maximum absolute atomic E-state index is 13.8. The number of carbonyl (C=O) groups excluding carboxylic acids is 3. The smallest absolute Gasteiger partial charge is 0.243 e. The normalized spacial score (nSPS) is 28.9. The number of aryl methyl sites for hydroxylation is 1. The highest BCUT2D eigenvalue weighted by Crippen LogP contribution is 2.43. The molecule has 5 atom stereocenters. The molecular formula is C26H37IN4O5. The summed E-state index contributed by atoms with van der Waals surface area (Å²) in [6.07, 6.45) is 4.23. The first-order valence-electron chi connectivity index (χ1n) is 12.7. The van der Waals surface area contributed by atoms with Crippen molar-refractivity contribution in [1.29, 1.82) is 0 Å². The van der Waals surface area contributed by atoms with Gasteiger partial charge in [-0.3, -0.25) is 9.59 Å². The Kier molecular flexibility index (Phi) is 8.28. The van der Waals surface area contributed by atoms with Crippen molar-refractivity contribution in [2.75, 3.05) is 20.2 Å². The highest BCUT2D eigenvalue weighted by Gasteiger charge is 2.55. The third-order valence-electron chi connectivity index (χ3n) is 7.93. The minimum absolute atomic E-state index is 0.111. The predicted molar refractivity (Wildman–Crippen MR) is 144 cm³/mol. The van der Waals surface area contributed by atoms with Crippen LogP contribution in [0.2, 0.25) is 0 Å². The first kappa shape index (κ1) is 27.3. The summed E-state index contributed by atoms with van der Waals surface area (Å²) in [6, 6.07) is 4.69. The first-order valence-corrected chi connectivity index (χ1v) is 13.5. The van der Waals surface area contributed by atoms with Crippen LogP contribution < -0.4 is 19.0 Å². The zero-order valence-corrected chi connectivity index (χ0v) is 23.6. The minimum Gasteiger partial charge on any atom is -0.428 e. The lowest BCUT2D eigenvalue weighted by atomic mass is 9.82. The summed E-state index contributed by atoms with van der Waals surface area (Å²) in [5.74, 6) is 0.497. The molecule has 2 amide bonds. The Bertz CT molecular complexity index is 1000. The molecule has 0 radical (unpaired) electrons. The van der Waals surface area contributed by atoms with E-state index in [4.69, 9.17) is 7.80 Å². The van der Waals surface area contributed by atoms with Gasteiger partial charge in [-0.2, -0.15) is 0 Å². The molecule has 198 valence electrons. The number of ether oxygens (including phenoxy) is 1. The Morgan fingerprint density at radius 2 is 2.11 bits per heavy atom. The predicted octanol–water partition coefficient (Wildman–Crippen LogP) is 2.42. The van der Waals surface area contributed by atoms with Crippen LogP contribution in [0.15, 0.2) is 18.2 Å². The molecule has 3 N–H and O–H groups in total. The van der Waals surface area contributed by atoms with Crippen LogP contribution in [0.3, 0.4) is 0 Å². The minimum atomic E-state index is -0.787. The summed E-state index contributed by atoms with van der Waals surface area (Å²) < 4.78 is 11.4. The fraction of sp³-hybridized carbons (Fsp3) is 0.654. The van der Waals surface area contributed by atoms with Crippen LogP contribution in [0.4, 0.5) is 0 Å². The first-order chi connectivity index (χ1) is 17.1. The Labute approximate surface area is 227 Å². The van der Waals surface area contributed by atoms with Gasteiger partial charge in [-0.25, -0.2) is 0 Å². The van der Waals surface area contributed by atoms with Crippen LogP contribution >= 0.6 is 23.0 Å². The quantitative estimate of drug-likeness (QED) is 0.306. The summed E-state index contributed by atoms with van der Waals surface area (Å²) in [5, 5.41) is 9.50. The third-order valence-corrected chi connectivity index (χ3v) is 8.44. The standard InChI is InChI=1S/C26H37IN4O5/c1-25(2)13-21-31(24(34)20(10-11-35-21)29-14-26(3,15-32)28-4)22(25)23(33)30-19-7-5-6-16-12-17(36-27)8-9-18(16)19/h8-9,12,15,19-22,28-29H,5-7,10-11,13-14H2,1-4H3,(H,30,33). The molecule has 9 nitrogen and oxygen atoms in total. The number of rotatable bonds is 8. The SMILES string of the molecule is CNC(C)(C=O)CNC1CCOC2CC(C)(C)C(C(=O)NC3CCCc4cc(OI)ccc43)N2C1=O. The molecule has 36 heavy (non-hydrogen) atoms. The van der Waals surface area contributed by atoms with Gasteiger partial charge in [-0.05, 0) is 74.8 Å². The molecule has 0 spiro atoms. The van der Waals surface area contributed by atoms with Gasteiger partial charge in [0, 0.05) is 6.54 Å². The lowest BCUT2D eigenvalue weighted by Crippen LogP contribution is -2.59. The number of hydrogen-bond donors (Lipinski definition) is 3. The van der Waals surface area contributed by atoms with E-state index in [0.717, 1.165) is 36.9 Å². The Hall–Kier alpha value is -1.76. The Morgan fingerprint density at radius 1 is 1.33 bits per heavy atom. The largest absolute Gasteiger partial charge is 0.428 e. The van der Waals surface area contributed by atoms with E-state index < -0.39 is 29.3 Å². The van der Waals surface area contributed by atoms with Crippen molar-refractivity contribution in [2.24, 2.45) is 5.41 Å². The van der Waals surface area contributed by atoms with Gasteiger partial charge >= 0.3 is 0 Å². The number of fused-ring (bicyclic) bond motifs is 2. The maximum Gasteiger partial charge on any atom is 0.243 e. The lowest BCUT2D eigenvalue weighted by Gasteiger charge is -2.36. The van der Waals surface area contributed by atoms with E-state index in [9.17, 15) is 14.4 Å². The maximum atomic E-state index is 13.8. The van der Waals surface area contributed by atoms with E-state index in [0.29, 0.717) is 26.0 Å². The van der Waals surface area contributed by atoms with Crippen molar-refractivity contribution >= 4 is 41.1 Å². The van der Waals surface area contributed by atoms with Crippen LogP contribution in [-0.4, -0.2) is 67.1 Å². The summed E-state index contributed by atoms with van der Waals surface area (Å²) in [7, 11) is 1.71. The Morgan fingerprint density at radius 3 is 2.81 bits per heavy atom. The molecule has 0 saturated carbocycles. The van der Waals surface area contributed by atoms with Gasteiger partial charge in [0.05, 0.1) is 24.2 Å². The van der Waals surface area contributed by atoms with Gasteiger partial charge in [0.25, 0.3) is 0 Å². The number of carbonyl (C=O) groups is 3. The molecule has 5 unspecified atom stereocenters. The number of amides is 2. The van der Waals surface area contributed by atoms with E-state index in [-0.39, 0.29) is 17.9 Å². The molecule has 4 rings (SSSR count). The van der Waals surface area contributed by atoms with Crippen LogP contribution in [0.25, 0.3) is 0 Å². The molecule has 0 aromatic heterocycles. The second-order valence-electron chi connectivity index (χ2n) is 11.1. The van der Waals surface area contributed by atoms with Gasteiger partial charge < -0.3 is 33.4 Å². The fourth-order valence-electron chi connectivity index (χ4n) is 5.67. The number of halogens is 1. The van der Waals surface area contributed by atoms with Crippen molar-refractivity contribution in [3.8, 4) is 5.75 Å². The summed E-state index contributed by atoms with van der Waals surface area (Å²) in [4.78, 5) is 40.8. The third kappa shape index (κ3) is 5.41. The highest BCUT2D eigenvalue weighted by atomic mass is 127. The molecule has 2 heterocycles. The van der Waals surface area contributed by atoms with Crippen molar-refractivity contribution in [2.45, 2.75) is 82.8 Å². The van der Waals surface area contributed by atoms with Crippen LogP contribution in [0, 0.1) is 5.41 Å². The van der Waals surface area contributed by atoms with E-state index in [1.54, 1.807) is 18.9 Å². The topological polar surface area (TPSA) is 109 Å². The second kappa shape index (κ2) is 10.9.